The molecule has 1 aromatic rings. The van der Waals surface area contributed by atoms with Gasteiger partial charge in [0.1, 0.15) is 11.8 Å². The molecule has 0 aliphatic carbocycles. The van der Waals surface area contributed by atoms with Crippen LogP contribution in [0.25, 0.3) is 0 Å². The van der Waals surface area contributed by atoms with E-state index in [9.17, 15) is 4.79 Å². The molecule has 1 saturated heterocycles. The summed E-state index contributed by atoms with van der Waals surface area (Å²) in [6, 6.07) is 5.67. The Bertz CT molecular complexity index is 502. The molecule has 1 heterocycles. The van der Waals surface area contributed by atoms with Crippen molar-refractivity contribution in [3.63, 3.8) is 0 Å². The van der Waals surface area contributed by atoms with Crippen molar-refractivity contribution in [3.8, 4) is 5.75 Å². The van der Waals surface area contributed by atoms with Gasteiger partial charge in [-0.25, -0.2) is 0 Å². The van der Waals surface area contributed by atoms with Crippen LogP contribution in [0.4, 0.5) is 11.4 Å². The van der Waals surface area contributed by atoms with Crippen LogP contribution in [-0.4, -0.2) is 44.1 Å². The van der Waals surface area contributed by atoms with Crippen LogP contribution in [0, 0.1) is 0 Å². The number of amides is 1. The van der Waals surface area contributed by atoms with E-state index in [1.54, 1.807) is 19.0 Å². The lowest BCUT2D eigenvalue weighted by molar-refractivity contribution is -0.129. The predicted molar refractivity (Wildman–Crippen MR) is 85.7 cm³/mol. The van der Waals surface area contributed by atoms with Crippen molar-refractivity contribution in [3.05, 3.63) is 18.2 Å². The number of anilines is 2. The van der Waals surface area contributed by atoms with Gasteiger partial charge in [-0.05, 0) is 31.4 Å². The molecular weight excluding hydrogens is 266 g/mol. The molecule has 1 atom stereocenters. The summed E-state index contributed by atoms with van der Waals surface area (Å²) in [4.78, 5) is 16.1. The lowest BCUT2D eigenvalue weighted by Crippen LogP contribution is -2.43. The monoisotopic (exact) mass is 291 g/mol. The molecule has 2 N–H and O–H groups in total. The SMILES string of the molecule is CCCOc1cccc(N2CCCC2C(=O)N(C)C)c1N. The number of rotatable bonds is 5. The molecule has 116 valence electrons. The summed E-state index contributed by atoms with van der Waals surface area (Å²) in [6.07, 6.45) is 2.81. The van der Waals surface area contributed by atoms with Gasteiger partial charge in [0.05, 0.1) is 18.0 Å². The third-order valence-electron chi connectivity index (χ3n) is 3.79. The van der Waals surface area contributed by atoms with E-state index in [1.165, 1.54) is 0 Å². The van der Waals surface area contributed by atoms with Crippen molar-refractivity contribution in [1.82, 2.24) is 4.90 Å². The molecule has 1 aromatic carbocycles. The van der Waals surface area contributed by atoms with Gasteiger partial charge in [0, 0.05) is 20.6 Å². The third kappa shape index (κ3) is 3.23. The van der Waals surface area contributed by atoms with Gasteiger partial charge in [-0.2, -0.15) is 0 Å². The number of hydrogen-bond donors (Lipinski definition) is 1. The van der Waals surface area contributed by atoms with Crippen molar-refractivity contribution < 1.29 is 9.53 Å². The number of carbonyl (C=O) groups excluding carboxylic acids is 1. The van der Waals surface area contributed by atoms with Crippen LogP contribution in [0.1, 0.15) is 26.2 Å². The van der Waals surface area contributed by atoms with E-state index in [0.29, 0.717) is 18.0 Å². The fraction of sp³-hybridized carbons (Fsp3) is 0.562. The second kappa shape index (κ2) is 6.70. The smallest absolute Gasteiger partial charge is 0.244 e. The predicted octanol–water partition coefficient (Wildman–Crippen LogP) is 2.11. The second-order valence-electron chi connectivity index (χ2n) is 5.62. The van der Waals surface area contributed by atoms with Crippen molar-refractivity contribution in [2.75, 3.05) is 37.9 Å². The first kappa shape index (κ1) is 15.5. The summed E-state index contributed by atoms with van der Waals surface area (Å²) in [5.74, 6) is 0.837. The number of nitrogens with two attached hydrogens (primary N) is 1. The van der Waals surface area contributed by atoms with Gasteiger partial charge in [0.15, 0.2) is 0 Å². The zero-order valence-electron chi connectivity index (χ0n) is 13.1. The lowest BCUT2D eigenvalue weighted by atomic mass is 10.1. The summed E-state index contributed by atoms with van der Waals surface area (Å²) < 4.78 is 5.68. The van der Waals surface area contributed by atoms with Crippen LogP contribution in [0.15, 0.2) is 18.2 Å². The summed E-state index contributed by atoms with van der Waals surface area (Å²) in [6.45, 7) is 3.56. The number of nitrogens with zero attached hydrogens (tertiary/aromatic N) is 2. The van der Waals surface area contributed by atoms with Gasteiger partial charge in [-0.1, -0.05) is 13.0 Å². The zero-order valence-corrected chi connectivity index (χ0v) is 13.1. The molecule has 0 radical (unpaired) electrons. The highest BCUT2D eigenvalue weighted by Gasteiger charge is 2.33. The van der Waals surface area contributed by atoms with E-state index in [1.807, 2.05) is 18.2 Å². The Kier molecular flexibility index (Phi) is 4.94. The number of ether oxygens (including phenoxy) is 1. The van der Waals surface area contributed by atoms with E-state index < -0.39 is 0 Å². The minimum Gasteiger partial charge on any atom is -0.491 e. The van der Waals surface area contributed by atoms with Gasteiger partial charge in [-0.15, -0.1) is 0 Å². The normalized spacial score (nSPS) is 17.9. The Morgan fingerprint density at radius 2 is 2.24 bits per heavy atom. The summed E-state index contributed by atoms with van der Waals surface area (Å²) in [7, 11) is 3.59. The van der Waals surface area contributed by atoms with Crippen molar-refractivity contribution in [1.29, 1.82) is 0 Å². The molecule has 5 nitrogen and oxygen atoms in total. The number of nitrogen functional groups attached to an aromatic ring is 1. The highest BCUT2D eigenvalue weighted by molar-refractivity contribution is 5.88. The first-order valence-corrected chi connectivity index (χ1v) is 7.55. The molecule has 2 rings (SSSR count). The number of benzene rings is 1. The molecule has 0 spiro atoms. The van der Waals surface area contributed by atoms with Gasteiger partial charge >= 0.3 is 0 Å². The van der Waals surface area contributed by atoms with Crippen LogP contribution in [0.3, 0.4) is 0 Å². The number of hydrogen-bond acceptors (Lipinski definition) is 4. The number of likely N-dealkylation sites (N-methyl/N-ethyl adjacent to an activating group) is 1. The topological polar surface area (TPSA) is 58.8 Å². The molecule has 21 heavy (non-hydrogen) atoms. The first-order valence-electron chi connectivity index (χ1n) is 7.55. The van der Waals surface area contributed by atoms with E-state index in [2.05, 4.69) is 11.8 Å². The Balaban J connectivity index is 2.26. The molecule has 1 unspecified atom stereocenters. The van der Waals surface area contributed by atoms with Gasteiger partial charge in [0.25, 0.3) is 0 Å². The van der Waals surface area contributed by atoms with Crippen molar-refractivity contribution in [2.45, 2.75) is 32.2 Å². The van der Waals surface area contributed by atoms with Crippen LogP contribution < -0.4 is 15.4 Å². The second-order valence-corrected chi connectivity index (χ2v) is 5.62. The van der Waals surface area contributed by atoms with Crippen molar-refractivity contribution >= 4 is 17.3 Å². The minimum atomic E-state index is -0.122. The molecule has 5 heteroatoms. The lowest BCUT2D eigenvalue weighted by Gasteiger charge is -2.29. The van der Waals surface area contributed by atoms with E-state index >= 15 is 0 Å². The Hall–Kier alpha value is -1.91. The largest absolute Gasteiger partial charge is 0.491 e. The summed E-state index contributed by atoms with van der Waals surface area (Å²) >= 11 is 0. The maximum absolute atomic E-state index is 12.3. The Labute approximate surface area is 126 Å². The number of carbonyl (C=O) groups is 1. The average Bonchev–Trinajstić information content (AvgIpc) is 2.94. The van der Waals surface area contributed by atoms with E-state index in [4.69, 9.17) is 10.5 Å². The quantitative estimate of drug-likeness (QED) is 0.844. The van der Waals surface area contributed by atoms with Gasteiger partial charge < -0.3 is 20.3 Å². The summed E-state index contributed by atoms with van der Waals surface area (Å²) in [5, 5.41) is 0. The van der Waals surface area contributed by atoms with Gasteiger partial charge in [0.2, 0.25) is 5.91 Å². The molecule has 0 aromatic heterocycles. The molecule has 1 fully saturated rings. The maximum Gasteiger partial charge on any atom is 0.244 e. The molecule has 0 saturated carbocycles. The average molecular weight is 291 g/mol. The number of para-hydroxylation sites is 1. The van der Waals surface area contributed by atoms with Crippen LogP contribution >= 0.6 is 0 Å². The minimum absolute atomic E-state index is 0.122. The first-order chi connectivity index (χ1) is 10.1. The molecular formula is C16H25N3O2. The maximum atomic E-state index is 12.3. The van der Waals surface area contributed by atoms with Crippen LogP contribution in [0.5, 0.6) is 5.75 Å². The summed E-state index contributed by atoms with van der Waals surface area (Å²) in [5.41, 5.74) is 7.78. The standard InChI is InChI=1S/C16H25N3O2/c1-4-11-21-14-9-5-7-12(15(14)17)19-10-6-8-13(19)16(20)18(2)3/h5,7,9,13H,4,6,8,10-11,17H2,1-3H3. The van der Waals surface area contributed by atoms with E-state index in [0.717, 1.165) is 31.5 Å². The third-order valence-corrected chi connectivity index (χ3v) is 3.79. The van der Waals surface area contributed by atoms with Crippen LogP contribution in [0.2, 0.25) is 0 Å². The molecule has 0 bridgehead atoms. The fourth-order valence-corrected chi connectivity index (χ4v) is 2.73. The Morgan fingerprint density at radius 3 is 2.90 bits per heavy atom. The highest BCUT2D eigenvalue weighted by atomic mass is 16.5. The van der Waals surface area contributed by atoms with Crippen LogP contribution in [-0.2, 0) is 4.79 Å². The fourth-order valence-electron chi connectivity index (χ4n) is 2.73. The Morgan fingerprint density at radius 1 is 1.48 bits per heavy atom. The van der Waals surface area contributed by atoms with E-state index in [-0.39, 0.29) is 11.9 Å². The highest BCUT2D eigenvalue weighted by Crippen LogP contribution is 2.36. The molecule has 1 aliphatic rings. The zero-order chi connectivity index (χ0) is 15.4. The molecule has 1 aliphatic heterocycles. The van der Waals surface area contributed by atoms with Crippen molar-refractivity contribution in [2.24, 2.45) is 0 Å². The molecule has 1 amide bonds. The van der Waals surface area contributed by atoms with Gasteiger partial charge in [-0.3, -0.25) is 4.79 Å².